The Kier molecular flexibility index (Phi) is 4.94. The van der Waals surface area contributed by atoms with Crippen LogP contribution >= 0.6 is 0 Å². The number of piperidine rings is 1. The summed E-state index contributed by atoms with van der Waals surface area (Å²) in [5.41, 5.74) is 0.129. The van der Waals surface area contributed by atoms with Crippen molar-refractivity contribution in [1.82, 2.24) is 15.1 Å². The predicted molar refractivity (Wildman–Crippen MR) is 79.1 cm³/mol. The van der Waals surface area contributed by atoms with Crippen LogP contribution < -0.4 is 5.32 Å². The zero-order valence-corrected chi connectivity index (χ0v) is 12.8. The number of nitrogens with one attached hydrogen (secondary N) is 1. The van der Waals surface area contributed by atoms with E-state index in [4.69, 9.17) is 9.47 Å². The first-order valence-electron chi connectivity index (χ1n) is 8.13. The van der Waals surface area contributed by atoms with Gasteiger partial charge in [-0.25, -0.2) is 0 Å². The van der Waals surface area contributed by atoms with Crippen LogP contribution in [0.5, 0.6) is 0 Å². The highest BCUT2D eigenvalue weighted by atomic mass is 16.6. The Balaban J connectivity index is 1.33. The van der Waals surface area contributed by atoms with Crippen molar-refractivity contribution < 1.29 is 9.47 Å². The van der Waals surface area contributed by atoms with Crippen LogP contribution in [0.25, 0.3) is 0 Å². The molecule has 0 radical (unpaired) electrons. The van der Waals surface area contributed by atoms with Crippen LogP contribution in [-0.2, 0) is 9.47 Å². The third-order valence-corrected chi connectivity index (χ3v) is 5.05. The van der Waals surface area contributed by atoms with Gasteiger partial charge in [-0.1, -0.05) is 0 Å². The summed E-state index contributed by atoms with van der Waals surface area (Å²) in [4.78, 5) is 4.90. The fourth-order valence-corrected chi connectivity index (χ4v) is 3.56. The second kappa shape index (κ2) is 6.71. The molecule has 0 aromatic rings. The molecule has 3 rings (SSSR count). The van der Waals surface area contributed by atoms with Crippen molar-refractivity contribution in [3.63, 3.8) is 0 Å². The Morgan fingerprint density at radius 2 is 1.95 bits per heavy atom. The summed E-state index contributed by atoms with van der Waals surface area (Å²) < 4.78 is 12.1. The smallest absolute Gasteiger partial charge is 0.0836 e. The topological polar surface area (TPSA) is 37.0 Å². The van der Waals surface area contributed by atoms with Crippen LogP contribution in [0.2, 0.25) is 0 Å². The Hall–Kier alpha value is -0.200. The highest BCUT2D eigenvalue weighted by molar-refractivity contribution is 4.93. The van der Waals surface area contributed by atoms with Gasteiger partial charge in [0.25, 0.3) is 0 Å². The second-order valence-electron chi connectivity index (χ2n) is 6.59. The average molecular weight is 283 g/mol. The maximum absolute atomic E-state index is 6.07. The van der Waals surface area contributed by atoms with E-state index in [0.717, 1.165) is 52.1 Å². The highest BCUT2D eigenvalue weighted by Gasteiger charge is 2.41. The lowest BCUT2D eigenvalue weighted by Gasteiger charge is -2.33. The minimum Gasteiger partial charge on any atom is -0.374 e. The van der Waals surface area contributed by atoms with Gasteiger partial charge in [-0.3, -0.25) is 4.90 Å². The molecule has 3 heterocycles. The van der Waals surface area contributed by atoms with Gasteiger partial charge in [0.15, 0.2) is 0 Å². The van der Waals surface area contributed by atoms with Crippen LogP contribution in [-0.4, -0.2) is 87.6 Å². The predicted octanol–water partition coefficient (Wildman–Crippen LogP) is 0.162. The van der Waals surface area contributed by atoms with Gasteiger partial charge in [-0.15, -0.1) is 0 Å². The fraction of sp³-hybridized carbons (Fsp3) is 1.00. The summed E-state index contributed by atoms with van der Waals surface area (Å²) in [5, 5.41) is 3.41. The monoisotopic (exact) mass is 283 g/mol. The van der Waals surface area contributed by atoms with E-state index in [-0.39, 0.29) is 5.60 Å². The van der Waals surface area contributed by atoms with Crippen molar-refractivity contribution in [2.75, 3.05) is 66.1 Å². The molecule has 116 valence electrons. The van der Waals surface area contributed by atoms with E-state index in [1.165, 1.54) is 26.2 Å². The molecule has 0 aliphatic carbocycles. The zero-order valence-electron chi connectivity index (χ0n) is 12.8. The SMILES string of the molecule is CN1CCN(CCOC2COC3(CCNCC3)C2)CC1. The number of rotatable bonds is 4. The number of hydrogen-bond acceptors (Lipinski definition) is 5. The molecule has 0 bridgehead atoms. The van der Waals surface area contributed by atoms with Crippen molar-refractivity contribution in [1.29, 1.82) is 0 Å². The number of piperazine rings is 1. The van der Waals surface area contributed by atoms with Gasteiger partial charge in [-0.2, -0.15) is 0 Å². The number of nitrogens with zero attached hydrogens (tertiary/aromatic N) is 2. The summed E-state index contributed by atoms with van der Waals surface area (Å²) in [7, 11) is 2.20. The summed E-state index contributed by atoms with van der Waals surface area (Å²) in [6.07, 6.45) is 3.70. The Morgan fingerprint density at radius 3 is 2.70 bits per heavy atom. The van der Waals surface area contributed by atoms with E-state index in [0.29, 0.717) is 6.10 Å². The van der Waals surface area contributed by atoms with E-state index >= 15 is 0 Å². The zero-order chi connectivity index (χ0) is 13.8. The van der Waals surface area contributed by atoms with Gasteiger partial charge in [0.1, 0.15) is 0 Å². The van der Waals surface area contributed by atoms with Crippen molar-refractivity contribution >= 4 is 0 Å². The van der Waals surface area contributed by atoms with Gasteiger partial charge in [0.05, 0.1) is 24.9 Å². The lowest BCUT2D eigenvalue weighted by atomic mass is 9.89. The Morgan fingerprint density at radius 1 is 1.20 bits per heavy atom. The summed E-state index contributed by atoms with van der Waals surface area (Å²) in [5.74, 6) is 0. The molecule has 5 nitrogen and oxygen atoms in total. The molecule has 0 saturated carbocycles. The molecule has 0 aromatic carbocycles. The molecule has 0 amide bonds. The largest absolute Gasteiger partial charge is 0.374 e. The molecular weight excluding hydrogens is 254 g/mol. The lowest BCUT2D eigenvalue weighted by Crippen LogP contribution is -2.45. The third kappa shape index (κ3) is 3.71. The summed E-state index contributed by atoms with van der Waals surface area (Å²) in [6.45, 7) is 9.62. The van der Waals surface area contributed by atoms with Crippen LogP contribution in [0.1, 0.15) is 19.3 Å². The maximum atomic E-state index is 6.07. The third-order valence-electron chi connectivity index (χ3n) is 5.05. The van der Waals surface area contributed by atoms with E-state index in [9.17, 15) is 0 Å². The average Bonchev–Trinajstić information content (AvgIpc) is 2.85. The number of likely N-dealkylation sites (N-methyl/N-ethyl adjacent to an activating group) is 1. The van der Waals surface area contributed by atoms with Gasteiger partial charge in [-0.05, 0) is 33.0 Å². The highest BCUT2D eigenvalue weighted by Crippen LogP contribution is 2.35. The Bertz CT molecular complexity index is 299. The molecule has 1 unspecified atom stereocenters. The van der Waals surface area contributed by atoms with Crippen LogP contribution in [0.4, 0.5) is 0 Å². The molecule has 1 atom stereocenters. The van der Waals surface area contributed by atoms with E-state index in [2.05, 4.69) is 22.2 Å². The molecule has 3 fully saturated rings. The van der Waals surface area contributed by atoms with Crippen LogP contribution in [0, 0.1) is 0 Å². The first-order valence-corrected chi connectivity index (χ1v) is 8.13. The molecule has 3 saturated heterocycles. The summed E-state index contributed by atoms with van der Waals surface area (Å²) >= 11 is 0. The number of ether oxygens (including phenoxy) is 2. The summed E-state index contributed by atoms with van der Waals surface area (Å²) in [6, 6.07) is 0. The van der Waals surface area contributed by atoms with Gasteiger partial charge in [0.2, 0.25) is 0 Å². The minimum absolute atomic E-state index is 0.129. The van der Waals surface area contributed by atoms with Crippen molar-refractivity contribution in [3.05, 3.63) is 0 Å². The van der Waals surface area contributed by atoms with Crippen molar-refractivity contribution in [2.24, 2.45) is 0 Å². The molecule has 1 spiro atoms. The van der Waals surface area contributed by atoms with Crippen molar-refractivity contribution in [2.45, 2.75) is 31.0 Å². The molecule has 20 heavy (non-hydrogen) atoms. The lowest BCUT2D eigenvalue weighted by molar-refractivity contribution is -0.0241. The maximum Gasteiger partial charge on any atom is 0.0836 e. The van der Waals surface area contributed by atoms with E-state index in [1.807, 2.05) is 0 Å². The normalized spacial score (nSPS) is 31.9. The Labute approximate surface area is 122 Å². The molecule has 1 N–H and O–H groups in total. The van der Waals surface area contributed by atoms with E-state index in [1.54, 1.807) is 0 Å². The fourth-order valence-electron chi connectivity index (χ4n) is 3.56. The first-order chi connectivity index (χ1) is 9.76. The van der Waals surface area contributed by atoms with Gasteiger partial charge in [0, 0.05) is 39.1 Å². The molecular formula is C15H29N3O2. The molecule has 0 aromatic heterocycles. The molecule has 5 heteroatoms. The minimum atomic E-state index is 0.129. The van der Waals surface area contributed by atoms with E-state index < -0.39 is 0 Å². The van der Waals surface area contributed by atoms with Crippen LogP contribution in [0.3, 0.4) is 0 Å². The first kappa shape index (κ1) is 14.7. The second-order valence-corrected chi connectivity index (χ2v) is 6.59. The standard InChI is InChI=1S/C15H29N3O2/c1-17-6-8-18(9-7-17)10-11-19-14-12-15(20-13-14)2-4-16-5-3-15/h14,16H,2-13H2,1H3. The molecule has 3 aliphatic heterocycles. The van der Waals surface area contributed by atoms with Gasteiger partial charge >= 0.3 is 0 Å². The van der Waals surface area contributed by atoms with Crippen LogP contribution in [0.15, 0.2) is 0 Å². The number of hydrogen-bond donors (Lipinski definition) is 1. The van der Waals surface area contributed by atoms with Crippen molar-refractivity contribution in [3.8, 4) is 0 Å². The quantitative estimate of drug-likeness (QED) is 0.795. The van der Waals surface area contributed by atoms with Gasteiger partial charge < -0.3 is 19.7 Å². The molecule has 3 aliphatic rings.